The zero-order valence-electron chi connectivity index (χ0n) is 15.7. The molecule has 4 rings (SSSR count). The van der Waals surface area contributed by atoms with E-state index in [1.54, 1.807) is 24.3 Å². The SMILES string of the molecule is O=C(NNc1ccc(F)c(F)c1F)c1cn(-c2ccccc2)nc1-c1ccc(Cl)cc1. The van der Waals surface area contributed by atoms with Gasteiger partial charge in [-0.05, 0) is 36.4 Å². The number of rotatable bonds is 5. The fourth-order valence-corrected chi connectivity index (χ4v) is 3.01. The number of hydrogen-bond donors (Lipinski definition) is 2. The summed E-state index contributed by atoms with van der Waals surface area (Å²) >= 11 is 5.95. The van der Waals surface area contributed by atoms with Crippen molar-refractivity contribution in [3.63, 3.8) is 0 Å². The van der Waals surface area contributed by atoms with E-state index >= 15 is 0 Å². The van der Waals surface area contributed by atoms with Crippen LogP contribution >= 0.6 is 11.6 Å². The van der Waals surface area contributed by atoms with E-state index in [4.69, 9.17) is 11.6 Å². The average molecular weight is 443 g/mol. The quantitative estimate of drug-likeness (QED) is 0.323. The fraction of sp³-hybridized carbons (Fsp3) is 0. The summed E-state index contributed by atoms with van der Waals surface area (Å²) < 4.78 is 41.9. The van der Waals surface area contributed by atoms with E-state index in [0.717, 1.165) is 17.8 Å². The van der Waals surface area contributed by atoms with E-state index < -0.39 is 29.0 Å². The maximum absolute atomic E-state index is 13.9. The maximum atomic E-state index is 13.9. The number of carbonyl (C=O) groups is 1. The first-order valence-corrected chi connectivity index (χ1v) is 9.42. The van der Waals surface area contributed by atoms with Gasteiger partial charge in [0.05, 0.1) is 16.9 Å². The summed E-state index contributed by atoms with van der Waals surface area (Å²) in [4.78, 5) is 12.8. The molecule has 1 amide bonds. The molecule has 0 radical (unpaired) electrons. The minimum absolute atomic E-state index is 0.168. The van der Waals surface area contributed by atoms with Gasteiger partial charge in [0.15, 0.2) is 17.5 Å². The van der Waals surface area contributed by atoms with Gasteiger partial charge in [-0.15, -0.1) is 0 Å². The molecule has 0 aliphatic carbocycles. The lowest BCUT2D eigenvalue weighted by Gasteiger charge is -2.10. The highest BCUT2D eigenvalue weighted by Gasteiger charge is 2.20. The third-order valence-electron chi connectivity index (χ3n) is 4.44. The molecule has 0 saturated carbocycles. The van der Waals surface area contributed by atoms with Crippen LogP contribution in [0.4, 0.5) is 18.9 Å². The monoisotopic (exact) mass is 442 g/mol. The molecule has 2 N–H and O–H groups in total. The summed E-state index contributed by atoms with van der Waals surface area (Å²) in [5.41, 5.74) is 6.02. The number of nitrogens with one attached hydrogen (secondary N) is 2. The molecule has 0 bridgehead atoms. The van der Waals surface area contributed by atoms with Gasteiger partial charge in [-0.25, -0.2) is 17.9 Å². The number of hydrazine groups is 1. The van der Waals surface area contributed by atoms with Gasteiger partial charge in [-0.3, -0.25) is 15.6 Å². The number of amides is 1. The molecule has 0 atom stereocenters. The van der Waals surface area contributed by atoms with Gasteiger partial charge in [-0.2, -0.15) is 5.10 Å². The molecule has 0 aliphatic heterocycles. The Morgan fingerprint density at radius 3 is 2.32 bits per heavy atom. The van der Waals surface area contributed by atoms with Crippen molar-refractivity contribution in [2.75, 3.05) is 5.43 Å². The topological polar surface area (TPSA) is 59.0 Å². The lowest BCUT2D eigenvalue weighted by atomic mass is 10.1. The van der Waals surface area contributed by atoms with Gasteiger partial charge in [-0.1, -0.05) is 41.9 Å². The van der Waals surface area contributed by atoms with E-state index in [1.165, 1.54) is 10.9 Å². The van der Waals surface area contributed by atoms with Crippen LogP contribution in [-0.2, 0) is 0 Å². The normalized spacial score (nSPS) is 10.7. The maximum Gasteiger partial charge on any atom is 0.273 e. The van der Waals surface area contributed by atoms with E-state index in [9.17, 15) is 18.0 Å². The van der Waals surface area contributed by atoms with Crippen molar-refractivity contribution in [2.45, 2.75) is 0 Å². The van der Waals surface area contributed by atoms with Crippen molar-refractivity contribution in [1.29, 1.82) is 0 Å². The number of halogens is 4. The number of para-hydroxylation sites is 1. The van der Waals surface area contributed by atoms with Crippen molar-refractivity contribution in [2.24, 2.45) is 0 Å². The standard InChI is InChI=1S/C22H14ClF3N4O/c23-14-8-6-13(7-9-14)21-16(12-30(29-21)15-4-2-1-3-5-15)22(31)28-27-18-11-10-17(24)19(25)20(18)26/h1-12,27H,(H,28,31). The number of anilines is 1. The molecule has 0 spiro atoms. The summed E-state index contributed by atoms with van der Waals surface area (Å²) in [6.45, 7) is 0. The Balaban J connectivity index is 1.67. The van der Waals surface area contributed by atoms with Gasteiger partial charge in [0.2, 0.25) is 0 Å². The van der Waals surface area contributed by atoms with Crippen LogP contribution in [0.1, 0.15) is 10.4 Å². The smallest absolute Gasteiger partial charge is 0.273 e. The fourth-order valence-electron chi connectivity index (χ4n) is 2.89. The summed E-state index contributed by atoms with van der Waals surface area (Å²) in [5, 5.41) is 5.02. The van der Waals surface area contributed by atoms with Gasteiger partial charge >= 0.3 is 0 Å². The zero-order valence-corrected chi connectivity index (χ0v) is 16.5. The second-order valence-corrected chi connectivity index (χ2v) is 6.92. The van der Waals surface area contributed by atoms with Crippen LogP contribution in [0.25, 0.3) is 16.9 Å². The molecular weight excluding hydrogens is 429 g/mol. The van der Waals surface area contributed by atoms with Crippen molar-refractivity contribution in [3.05, 3.63) is 101 Å². The van der Waals surface area contributed by atoms with Crippen molar-refractivity contribution < 1.29 is 18.0 Å². The van der Waals surface area contributed by atoms with Crippen molar-refractivity contribution >= 4 is 23.2 Å². The number of hydrogen-bond acceptors (Lipinski definition) is 3. The molecule has 9 heteroatoms. The second kappa shape index (κ2) is 8.53. The minimum Gasteiger partial charge on any atom is -0.295 e. The van der Waals surface area contributed by atoms with E-state index in [2.05, 4.69) is 16.0 Å². The van der Waals surface area contributed by atoms with Crippen LogP contribution in [0.2, 0.25) is 5.02 Å². The highest BCUT2D eigenvalue weighted by Crippen LogP contribution is 2.26. The Labute approximate surface area is 180 Å². The molecular formula is C22H14ClF3N4O. The molecule has 31 heavy (non-hydrogen) atoms. The van der Waals surface area contributed by atoms with Crippen LogP contribution < -0.4 is 10.9 Å². The Hall–Kier alpha value is -3.78. The Morgan fingerprint density at radius 1 is 0.903 bits per heavy atom. The van der Waals surface area contributed by atoms with Gasteiger partial charge in [0.1, 0.15) is 5.69 Å². The third-order valence-corrected chi connectivity index (χ3v) is 4.70. The third kappa shape index (κ3) is 4.24. The largest absolute Gasteiger partial charge is 0.295 e. The Bertz CT molecular complexity index is 1240. The van der Waals surface area contributed by atoms with Gasteiger partial charge in [0.25, 0.3) is 5.91 Å². The second-order valence-electron chi connectivity index (χ2n) is 6.48. The van der Waals surface area contributed by atoms with Gasteiger partial charge < -0.3 is 0 Å². The molecule has 0 saturated heterocycles. The number of carbonyl (C=O) groups excluding carboxylic acids is 1. The number of benzene rings is 3. The van der Waals surface area contributed by atoms with Crippen molar-refractivity contribution in [1.82, 2.24) is 15.2 Å². The Kier molecular flexibility index (Phi) is 5.64. The van der Waals surface area contributed by atoms with Crippen LogP contribution in [0, 0.1) is 17.5 Å². The molecule has 1 aromatic heterocycles. The highest BCUT2D eigenvalue weighted by molar-refractivity contribution is 6.30. The molecule has 3 aromatic carbocycles. The summed E-state index contributed by atoms with van der Waals surface area (Å²) in [6.07, 6.45) is 1.51. The van der Waals surface area contributed by atoms with E-state index in [-0.39, 0.29) is 5.56 Å². The Morgan fingerprint density at radius 2 is 1.61 bits per heavy atom. The summed E-state index contributed by atoms with van der Waals surface area (Å²) in [6, 6.07) is 17.6. The summed E-state index contributed by atoms with van der Waals surface area (Å²) in [7, 11) is 0. The number of nitrogens with zero attached hydrogens (tertiary/aromatic N) is 2. The first-order chi connectivity index (χ1) is 14.9. The summed E-state index contributed by atoms with van der Waals surface area (Å²) in [5.74, 6) is -5.07. The van der Waals surface area contributed by atoms with Gasteiger partial charge in [0, 0.05) is 16.8 Å². The van der Waals surface area contributed by atoms with Crippen LogP contribution in [-0.4, -0.2) is 15.7 Å². The molecule has 1 heterocycles. The van der Waals surface area contributed by atoms with Crippen LogP contribution in [0.3, 0.4) is 0 Å². The lowest BCUT2D eigenvalue weighted by molar-refractivity contribution is 0.0963. The average Bonchev–Trinajstić information content (AvgIpc) is 3.23. The molecule has 5 nitrogen and oxygen atoms in total. The van der Waals surface area contributed by atoms with E-state index in [0.29, 0.717) is 16.3 Å². The molecule has 4 aromatic rings. The first-order valence-electron chi connectivity index (χ1n) is 9.05. The number of aromatic nitrogens is 2. The minimum atomic E-state index is -1.64. The molecule has 0 fully saturated rings. The lowest BCUT2D eigenvalue weighted by Crippen LogP contribution is -2.30. The van der Waals surface area contributed by atoms with Crippen LogP contribution in [0.5, 0.6) is 0 Å². The van der Waals surface area contributed by atoms with E-state index in [1.807, 2.05) is 30.3 Å². The molecule has 156 valence electrons. The molecule has 0 unspecified atom stereocenters. The van der Waals surface area contributed by atoms with Crippen molar-refractivity contribution in [3.8, 4) is 16.9 Å². The predicted molar refractivity (Wildman–Crippen MR) is 111 cm³/mol. The first kappa shape index (κ1) is 20.5. The zero-order chi connectivity index (χ0) is 22.0. The predicted octanol–water partition coefficient (Wildman–Crippen LogP) is 5.37. The highest BCUT2D eigenvalue weighted by atomic mass is 35.5. The molecule has 0 aliphatic rings. The van der Waals surface area contributed by atoms with Crippen LogP contribution in [0.15, 0.2) is 72.9 Å².